The number of aryl methyl sites for hydroxylation is 2. The van der Waals surface area contributed by atoms with Crippen LogP contribution in [0.2, 0.25) is 0 Å². The van der Waals surface area contributed by atoms with Crippen LogP contribution in [0.1, 0.15) is 27.0 Å². The third-order valence-corrected chi connectivity index (χ3v) is 5.31. The maximum atomic E-state index is 12.5. The molecule has 0 fully saturated rings. The van der Waals surface area contributed by atoms with Gasteiger partial charge in [-0.2, -0.15) is 0 Å². The minimum atomic E-state index is -3.66. The molecule has 0 unspecified atom stereocenters. The summed E-state index contributed by atoms with van der Waals surface area (Å²) in [5.74, 6) is -0.177. The normalized spacial score (nSPS) is 11.2. The Labute approximate surface area is 147 Å². The maximum absolute atomic E-state index is 12.5. The van der Waals surface area contributed by atoms with Gasteiger partial charge >= 0.3 is 5.97 Å². The summed E-state index contributed by atoms with van der Waals surface area (Å²) >= 11 is 0. The van der Waals surface area contributed by atoms with E-state index in [2.05, 4.69) is 4.72 Å². The van der Waals surface area contributed by atoms with E-state index < -0.39 is 16.0 Å². The third kappa shape index (κ3) is 4.37. The molecule has 0 heterocycles. The summed E-state index contributed by atoms with van der Waals surface area (Å²) in [5, 5.41) is 0. The molecule has 25 heavy (non-hydrogen) atoms. The zero-order valence-electron chi connectivity index (χ0n) is 14.6. The topological polar surface area (TPSA) is 81.7 Å². The molecule has 0 aliphatic carbocycles. The lowest BCUT2D eigenvalue weighted by Crippen LogP contribution is -2.24. The van der Waals surface area contributed by atoms with Crippen molar-refractivity contribution in [2.75, 3.05) is 14.2 Å². The second-order valence-electron chi connectivity index (χ2n) is 5.62. The van der Waals surface area contributed by atoms with E-state index in [1.807, 2.05) is 13.0 Å². The van der Waals surface area contributed by atoms with Gasteiger partial charge in [0.2, 0.25) is 10.0 Å². The standard InChI is InChI=1S/C18H21NO5S/c1-12-5-6-13(2)17(9-12)25(21,22)19-11-14-7-8-16(23-3)15(10-14)18(20)24-4/h5-10,19H,11H2,1-4H3. The summed E-state index contributed by atoms with van der Waals surface area (Å²) in [5.41, 5.74) is 2.40. The molecule has 2 aromatic rings. The van der Waals surface area contributed by atoms with Gasteiger partial charge in [-0.3, -0.25) is 0 Å². The highest BCUT2D eigenvalue weighted by atomic mass is 32.2. The number of ether oxygens (including phenoxy) is 2. The summed E-state index contributed by atoms with van der Waals surface area (Å²) in [6, 6.07) is 10.1. The molecule has 0 aromatic heterocycles. The van der Waals surface area contributed by atoms with Crippen LogP contribution in [0.4, 0.5) is 0 Å². The fourth-order valence-corrected chi connectivity index (χ4v) is 3.73. The maximum Gasteiger partial charge on any atom is 0.341 e. The molecule has 0 bridgehead atoms. The lowest BCUT2D eigenvalue weighted by molar-refractivity contribution is 0.0597. The fraction of sp³-hybridized carbons (Fsp3) is 0.278. The van der Waals surface area contributed by atoms with E-state index in [4.69, 9.17) is 9.47 Å². The molecule has 0 aliphatic heterocycles. The van der Waals surface area contributed by atoms with Crippen LogP contribution in [-0.2, 0) is 21.3 Å². The van der Waals surface area contributed by atoms with Gasteiger partial charge in [0.1, 0.15) is 11.3 Å². The van der Waals surface area contributed by atoms with Crippen LogP contribution >= 0.6 is 0 Å². The summed E-state index contributed by atoms with van der Waals surface area (Å²) in [6.45, 7) is 3.63. The van der Waals surface area contributed by atoms with E-state index in [1.54, 1.807) is 37.3 Å². The summed E-state index contributed by atoms with van der Waals surface area (Å²) in [7, 11) is -0.939. The van der Waals surface area contributed by atoms with Crippen molar-refractivity contribution in [2.24, 2.45) is 0 Å². The van der Waals surface area contributed by atoms with Crippen molar-refractivity contribution in [1.29, 1.82) is 0 Å². The van der Waals surface area contributed by atoms with Gasteiger partial charge in [-0.15, -0.1) is 0 Å². The number of carbonyl (C=O) groups excluding carboxylic acids is 1. The zero-order valence-corrected chi connectivity index (χ0v) is 15.4. The van der Waals surface area contributed by atoms with Crippen molar-refractivity contribution in [3.8, 4) is 5.75 Å². The minimum Gasteiger partial charge on any atom is -0.496 e. The Kier molecular flexibility index (Phi) is 5.81. The van der Waals surface area contributed by atoms with E-state index in [9.17, 15) is 13.2 Å². The van der Waals surface area contributed by atoms with Crippen molar-refractivity contribution in [2.45, 2.75) is 25.3 Å². The molecule has 0 radical (unpaired) electrons. The smallest absolute Gasteiger partial charge is 0.341 e. The molecule has 0 amide bonds. The van der Waals surface area contributed by atoms with E-state index in [0.29, 0.717) is 16.9 Å². The van der Waals surface area contributed by atoms with Crippen molar-refractivity contribution >= 4 is 16.0 Å². The Balaban J connectivity index is 2.26. The van der Waals surface area contributed by atoms with Crippen LogP contribution in [0, 0.1) is 13.8 Å². The van der Waals surface area contributed by atoms with Gasteiger partial charge in [-0.05, 0) is 48.7 Å². The van der Waals surface area contributed by atoms with Crippen LogP contribution in [0.15, 0.2) is 41.3 Å². The fourth-order valence-electron chi connectivity index (χ4n) is 2.39. The lowest BCUT2D eigenvalue weighted by atomic mass is 10.1. The highest BCUT2D eigenvalue weighted by Crippen LogP contribution is 2.22. The Morgan fingerprint density at radius 2 is 1.80 bits per heavy atom. The average molecular weight is 363 g/mol. The molecular weight excluding hydrogens is 342 g/mol. The van der Waals surface area contributed by atoms with Crippen LogP contribution in [0.5, 0.6) is 5.75 Å². The van der Waals surface area contributed by atoms with Crippen molar-refractivity contribution < 1.29 is 22.7 Å². The first-order valence-electron chi connectivity index (χ1n) is 7.60. The molecule has 134 valence electrons. The van der Waals surface area contributed by atoms with E-state index in [1.165, 1.54) is 14.2 Å². The predicted octanol–water partition coefficient (Wildman–Crippen LogP) is 2.58. The number of carbonyl (C=O) groups is 1. The van der Waals surface area contributed by atoms with E-state index in [-0.39, 0.29) is 17.0 Å². The summed E-state index contributed by atoms with van der Waals surface area (Å²) in [4.78, 5) is 12.1. The number of hydrogen-bond donors (Lipinski definition) is 1. The van der Waals surface area contributed by atoms with Gasteiger partial charge in [0.15, 0.2) is 0 Å². The highest BCUT2D eigenvalue weighted by Gasteiger charge is 2.18. The molecule has 7 heteroatoms. The number of methoxy groups -OCH3 is 2. The number of nitrogens with one attached hydrogen (secondary N) is 1. The SMILES string of the molecule is COC(=O)c1cc(CNS(=O)(=O)c2cc(C)ccc2C)ccc1OC. The Bertz CT molecular complexity index is 890. The van der Waals surface area contributed by atoms with Crippen molar-refractivity contribution in [1.82, 2.24) is 4.72 Å². The van der Waals surface area contributed by atoms with Crippen LogP contribution in [0.3, 0.4) is 0 Å². The van der Waals surface area contributed by atoms with Crippen LogP contribution < -0.4 is 9.46 Å². The zero-order chi connectivity index (χ0) is 18.6. The van der Waals surface area contributed by atoms with Crippen molar-refractivity contribution in [3.05, 3.63) is 58.7 Å². The molecule has 0 atom stereocenters. The van der Waals surface area contributed by atoms with E-state index >= 15 is 0 Å². The molecule has 2 aromatic carbocycles. The molecule has 1 N–H and O–H groups in total. The number of hydrogen-bond acceptors (Lipinski definition) is 5. The monoisotopic (exact) mass is 363 g/mol. The molecule has 0 aliphatic rings. The van der Waals surface area contributed by atoms with Gasteiger partial charge in [-0.1, -0.05) is 18.2 Å². The molecular formula is C18H21NO5S. The predicted molar refractivity (Wildman–Crippen MR) is 94.3 cm³/mol. The van der Waals surface area contributed by atoms with Gasteiger partial charge in [0.05, 0.1) is 19.1 Å². The Hall–Kier alpha value is -2.38. The van der Waals surface area contributed by atoms with Crippen LogP contribution in [0.25, 0.3) is 0 Å². The van der Waals surface area contributed by atoms with Gasteiger partial charge < -0.3 is 9.47 Å². The lowest BCUT2D eigenvalue weighted by Gasteiger charge is -2.12. The van der Waals surface area contributed by atoms with Gasteiger partial charge in [0.25, 0.3) is 0 Å². The number of esters is 1. The third-order valence-electron chi connectivity index (χ3n) is 3.77. The summed E-state index contributed by atoms with van der Waals surface area (Å²) in [6.07, 6.45) is 0. The second-order valence-corrected chi connectivity index (χ2v) is 7.36. The van der Waals surface area contributed by atoms with Gasteiger partial charge in [-0.25, -0.2) is 17.9 Å². The van der Waals surface area contributed by atoms with Crippen LogP contribution in [-0.4, -0.2) is 28.6 Å². The average Bonchev–Trinajstić information content (AvgIpc) is 2.61. The molecule has 2 rings (SSSR count). The van der Waals surface area contributed by atoms with Gasteiger partial charge in [0, 0.05) is 6.54 Å². The Morgan fingerprint density at radius 1 is 1.08 bits per heavy atom. The first-order chi connectivity index (χ1) is 11.8. The second kappa shape index (κ2) is 7.67. The number of rotatable bonds is 6. The minimum absolute atomic E-state index is 0.0453. The van der Waals surface area contributed by atoms with Crippen molar-refractivity contribution in [3.63, 3.8) is 0 Å². The first-order valence-corrected chi connectivity index (χ1v) is 9.09. The highest BCUT2D eigenvalue weighted by molar-refractivity contribution is 7.89. The first kappa shape index (κ1) is 19.0. The number of sulfonamides is 1. The van der Waals surface area contributed by atoms with E-state index in [0.717, 1.165) is 5.56 Å². The molecule has 0 spiro atoms. The molecule has 0 saturated carbocycles. The Morgan fingerprint density at radius 3 is 2.44 bits per heavy atom. The molecule has 0 saturated heterocycles. The molecule has 6 nitrogen and oxygen atoms in total. The summed E-state index contributed by atoms with van der Waals surface area (Å²) < 4.78 is 37.5. The quantitative estimate of drug-likeness (QED) is 0.798. The largest absolute Gasteiger partial charge is 0.496 e. The number of benzene rings is 2.